The Morgan fingerprint density at radius 1 is 1.43 bits per heavy atom. The van der Waals surface area contributed by atoms with Gasteiger partial charge in [-0.3, -0.25) is 14.4 Å². The van der Waals surface area contributed by atoms with Gasteiger partial charge >= 0.3 is 0 Å². The third kappa shape index (κ3) is 3.78. The van der Waals surface area contributed by atoms with Crippen LogP contribution in [0.3, 0.4) is 0 Å². The minimum Gasteiger partial charge on any atom is -0.378 e. The maximum Gasteiger partial charge on any atom is 0.174 e. The number of nitrogens with zero attached hydrogens (tertiary/aromatic N) is 3. The predicted octanol–water partition coefficient (Wildman–Crippen LogP) is 1.92. The lowest BCUT2D eigenvalue weighted by molar-refractivity contribution is -0.0102. The molecule has 112 valence electrons. The van der Waals surface area contributed by atoms with E-state index in [9.17, 15) is 4.79 Å². The van der Waals surface area contributed by atoms with Crippen LogP contribution in [0.5, 0.6) is 0 Å². The number of thiophene rings is 1. The molecule has 1 atom stereocenters. The van der Waals surface area contributed by atoms with Crippen molar-refractivity contribution in [2.24, 2.45) is 0 Å². The lowest BCUT2D eigenvalue weighted by Crippen LogP contribution is -2.47. The molecule has 21 heavy (non-hydrogen) atoms. The molecule has 5 nitrogen and oxygen atoms in total. The SMILES string of the molecule is O=C(CC1COCCN1CCn1cccn1)c1cccs1. The monoisotopic (exact) mass is 305 g/mol. The molecule has 1 unspecified atom stereocenters. The first-order chi connectivity index (χ1) is 10.3. The number of Topliss-reactive ketones (excluding diaryl/α,β-unsaturated/α-hetero) is 1. The summed E-state index contributed by atoms with van der Waals surface area (Å²) in [6, 6.07) is 5.91. The number of morpholine rings is 1. The van der Waals surface area contributed by atoms with E-state index >= 15 is 0 Å². The predicted molar refractivity (Wildman–Crippen MR) is 81.7 cm³/mol. The van der Waals surface area contributed by atoms with Gasteiger partial charge in [-0.25, -0.2) is 0 Å². The zero-order valence-electron chi connectivity index (χ0n) is 11.9. The number of hydrogen-bond acceptors (Lipinski definition) is 5. The maximum absolute atomic E-state index is 12.3. The van der Waals surface area contributed by atoms with E-state index in [4.69, 9.17) is 4.74 Å². The highest BCUT2D eigenvalue weighted by molar-refractivity contribution is 7.12. The zero-order chi connectivity index (χ0) is 14.5. The van der Waals surface area contributed by atoms with Gasteiger partial charge in [-0.15, -0.1) is 11.3 Å². The Labute approximate surface area is 128 Å². The number of ether oxygens (including phenoxy) is 1. The fraction of sp³-hybridized carbons (Fsp3) is 0.467. The van der Waals surface area contributed by atoms with Crippen LogP contribution < -0.4 is 0 Å². The quantitative estimate of drug-likeness (QED) is 0.765. The molecule has 6 heteroatoms. The van der Waals surface area contributed by atoms with Crippen LogP contribution in [0.15, 0.2) is 36.0 Å². The second-order valence-corrected chi connectivity index (χ2v) is 6.09. The highest BCUT2D eigenvalue weighted by atomic mass is 32.1. The molecule has 0 bridgehead atoms. The molecule has 0 radical (unpaired) electrons. The molecule has 1 fully saturated rings. The van der Waals surface area contributed by atoms with Crippen molar-refractivity contribution in [2.75, 3.05) is 26.3 Å². The van der Waals surface area contributed by atoms with E-state index in [-0.39, 0.29) is 11.8 Å². The number of rotatable bonds is 6. The lowest BCUT2D eigenvalue weighted by Gasteiger charge is -2.35. The summed E-state index contributed by atoms with van der Waals surface area (Å²) in [7, 11) is 0. The van der Waals surface area contributed by atoms with Crippen LogP contribution in [0.25, 0.3) is 0 Å². The van der Waals surface area contributed by atoms with Gasteiger partial charge in [-0.1, -0.05) is 6.07 Å². The molecule has 0 aliphatic carbocycles. The molecule has 3 rings (SSSR count). The van der Waals surface area contributed by atoms with Crippen molar-refractivity contribution in [2.45, 2.75) is 19.0 Å². The zero-order valence-corrected chi connectivity index (χ0v) is 12.7. The molecular weight excluding hydrogens is 286 g/mol. The van der Waals surface area contributed by atoms with Crippen LogP contribution in [-0.4, -0.2) is 52.8 Å². The van der Waals surface area contributed by atoms with Gasteiger partial charge in [0.1, 0.15) is 0 Å². The number of carbonyl (C=O) groups excluding carboxylic acids is 1. The number of ketones is 1. The van der Waals surface area contributed by atoms with Crippen LogP contribution >= 0.6 is 11.3 Å². The number of aromatic nitrogens is 2. The summed E-state index contributed by atoms with van der Waals surface area (Å²) in [6.07, 6.45) is 4.28. The summed E-state index contributed by atoms with van der Waals surface area (Å²) in [5.41, 5.74) is 0. The highest BCUT2D eigenvalue weighted by Gasteiger charge is 2.25. The van der Waals surface area contributed by atoms with Crippen molar-refractivity contribution in [3.63, 3.8) is 0 Å². The molecule has 1 saturated heterocycles. The fourth-order valence-electron chi connectivity index (χ4n) is 2.59. The standard InChI is InChI=1S/C15H19N3O2S/c19-14(15-3-1-10-21-15)11-13-12-20-9-8-17(13)6-7-18-5-2-4-16-18/h1-5,10,13H,6-9,11-12H2. The van der Waals surface area contributed by atoms with Crippen LogP contribution in [0.4, 0.5) is 0 Å². The first-order valence-electron chi connectivity index (χ1n) is 7.19. The Kier molecular flexibility index (Phi) is 4.80. The van der Waals surface area contributed by atoms with Gasteiger partial charge in [0.05, 0.1) is 24.6 Å². The van der Waals surface area contributed by atoms with Crippen molar-refractivity contribution in [3.8, 4) is 0 Å². The smallest absolute Gasteiger partial charge is 0.174 e. The molecule has 2 aromatic heterocycles. The average molecular weight is 305 g/mol. The van der Waals surface area contributed by atoms with Gasteiger partial charge in [0.15, 0.2) is 5.78 Å². The van der Waals surface area contributed by atoms with Crippen molar-refractivity contribution in [1.82, 2.24) is 14.7 Å². The second-order valence-electron chi connectivity index (χ2n) is 5.14. The van der Waals surface area contributed by atoms with Gasteiger partial charge in [-0.2, -0.15) is 5.10 Å². The Morgan fingerprint density at radius 2 is 2.38 bits per heavy atom. The summed E-state index contributed by atoms with van der Waals surface area (Å²) in [6.45, 7) is 3.99. The lowest BCUT2D eigenvalue weighted by atomic mass is 10.1. The Morgan fingerprint density at radius 3 is 3.14 bits per heavy atom. The van der Waals surface area contributed by atoms with E-state index in [2.05, 4.69) is 10.00 Å². The van der Waals surface area contributed by atoms with E-state index in [1.807, 2.05) is 34.5 Å². The first-order valence-corrected chi connectivity index (χ1v) is 8.07. The molecule has 0 saturated carbocycles. The first kappa shape index (κ1) is 14.4. The minimum atomic E-state index is 0.170. The van der Waals surface area contributed by atoms with Crippen LogP contribution in [0.2, 0.25) is 0 Å². The van der Waals surface area contributed by atoms with Crippen LogP contribution in [0.1, 0.15) is 16.1 Å². The molecular formula is C15H19N3O2S. The van der Waals surface area contributed by atoms with Crippen molar-refractivity contribution in [1.29, 1.82) is 0 Å². The minimum absolute atomic E-state index is 0.170. The summed E-state index contributed by atoms with van der Waals surface area (Å²) in [4.78, 5) is 15.4. The Balaban J connectivity index is 1.57. The van der Waals surface area contributed by atoms with Gasteiger partial charge < -0.3 is 4.74 Å². The van der Waals surface area contributed by atoms with E-state index in [0.717, 1.165) is 31.1 Å². The van der Waals surface area contributed by atoms with Gasteiger partial charge in [-0.05, 0) is 17.5 Å². The number of hydrogen-bond donors (Lipinski definition) is 0. The molecule has 0 aromatic carbocycles. The van der Waals surface area contributed by atoms with Gasteiger partial charge in [0, 0.05) is 37.9 Å². The molecule has 3 heterocycles. The Bertz CT molecular complexity index is 554. The average Bonchev–Trinajstić information content (AvgIpc) is 3.20. The topological polar surface area (TPSA) is 47.4 Å². The van der Waals surface area contributed by atoms with Crippen molar-refractivity contribution >= 4 is 17.1 Å². The summed E-state index contributed by atoms with van der Waals surface area (Å²) >= 11 is 1.51. The molecule has 2 aromatic rings. The summed E-state index contributed by atoms with van der Waals surface area (Å²) in [5.74, 6) is 0.213. The fourth-order valence-corrected chi connectivity index (χ4v) is 3.26. The van der Waals surface area contributed by atoms with Gasteiger partial charge in [0.2, 0.25) is 0 Å². The van der Waals surface area contributed by atoms with Crippen LogP contribution in [0, 0.1) is 0 Å². The van der Waals surface area contributed by atoms with Crippen molar-refractivity contribution in [3.05, 3.63) is 40.8 Å². The summed E-state index contributed by atoms with van der Waals surface area (Å²) < 4.78 is 7.48. The van der Waals surface area contributed by atoms with Gasteiger partial charge in [0.25, 0.3) is 0 Å². The van der Waals surface area contributed by atoms with E-state index in [1.165, 1.54) is 11.3 Å². The molecule has 0 spiro atoms. The second kappa shape index (κ2) is 6.98. The Hall–Kier alpha value is -1.50. The molecule has 0 N–H and O–H groups in total. The van der Waals surface area contributed by atoms with E-state index in [0.29, 0.717) is 13.0 Å². The highest BCUT2D eigenvalue weighted by Crippen LogP contribution is 2.17. The largest absolute Gasteiger partial charge is 0.378 e. The van der Waals surface area contributed by atoms with E-state index < -0.39 is 0 Å². The molecule has 1 aliphatic heterocycles. The maximum atomic E-state index is 12.3. The third-order valence-electron chi connectivity index (χ3n) is 3.74. The third-order valence-corrected chi connectivity index (χ3v) is 4.65. The van der Waals surface area contributed by atoms with Crippen LogP contribution in [-0.2, 0) is 11.3 Å². The molecule has 1 aliphatic rings. The van der Waals surface area contributed by atoms with Crippen molar-refractivity contribution < 1.29 is 9.53 Å². The number of carbonyl (C=O) groups is 1. The summed E-state index contributed by atoms with van der Waals surface area (Å²) in [5, 5.41) is 6.17. The van der Waals surface area contributed by atoms with E-state index in [1.54, 1.807) is 6.20 Å². The normalized spacial score (nSPS) is 19.7. The molecule has 0 amide bonds.